The van der Waals surface area contributed by atoms with Gasteiger partial charge in [0.15, 0.2) is 5.78 Å². The number of carbonyl (C=O) groups excluding carboxylic acids is 1. The number of methoxy groups -OCH3 is 2. The highest BCUT2D eigenvalue weighted by molar-refractivity contribution is 6.08. The number of rotatable bonds is 7. The fourth-order valence-corrected chi connectivity index (χ4v) is 2.11. The van der Waals surface area contributed by atoms with Crippen molar-refractivity contribution in [3.8, 4) is 17.2 Å². The molecule has 0 amide bonds. The number of hydrogen-bond donors (Lipinski definition) is 0. The van der Waals surface area contributed by atoms with E-state index in [0.717, 1.165) is 11.3 Å². The Morgan fingerprint density at radius 2 is 1.70 bits per heavy atom. The second kappa shape index (κ2) is 8.03. The molecule has 0 aromatic heterocycles. The normalized spacial score (nSPS) is 10.6. The Labute approximate surface area is 136 Å². The second-order valence-corrected chi connectivity index (χ2v) is 4.77. The van der Waals surface area contributed by atoms with Crippen LogP contribution < -0.4 is 14.2 Å². The van der Waals surface area contributed by atoms with Crippen LogP contribution in [0, 0.1) is 0 Å². The maximum absolute atomic E-state index is 12.3. The highest BCUT2D eigenvalue weighted by atomic mass is 16.5. The molecule has 0 atom stereocenters. The summed E-state index contributed by atoms with van der Waals surface area (Å²) in [4.78, 5) is 12.3. The molecular formula is C19H20O4. The van der Waals surface area contributed by atoms with Gasteiger partial charge in [-0.05, 0) is 42.8 Å². The molecule has 0 aliphatic rings. The zero-order chi connectivity index (χ0) is 16.7. The summed E-state index contributed by atoms with van der Waals surface area (Å²) in [6.45, 7) is 2.57. The van der Waals surface area contributed by atoms with Crippen LogP contribution in [0.25, 0.3) is 6.08 Å². The highest BCUT2D eigenvalue weighted by Gasteiger charge is 2.10. The van der Waals surface area contributed by atoms with E-state index in [1.807, 2.05) is 31.2 Å². The van der Waals surface area contributed by atoms with Crippen LogP contribution in [-0.4, -0.2) is 26.6 Å². The summed E-state index contributed by atoms with van der Waals surface area (Å²) in [7, 11) is 3.10. The second-order valence-electron chi connectivity index (χ2n) is 4.77. The van der Waals surface area contributed by atoms with Gasteiger partial charge in [-0.25, -0.2) is 0 Å². The molecule has 120 valence electrons. The van der Waals surface area contributed by atoms with E-state index in [-0.39, 0.29) is 5.78 Å². The van der Waals surface area contributed by atoms with Gasteiger partial charge in [0.05, 0.1) is 26.4 Å². The fourth-order valence-electron chi connectivity index (χ4n) is 2.11. The summed E-state index contributed by atoms with van der Waals surface area (Å²) in [5.41, 5.74) is 1.42. The Morgan fingerprint density at radius 1 is 1.00 bits per heavy atom. The summed E-state index contributed by atoms with van der Waals surface area (Å²) in [5.74, 6) is 1.82. The average molecular weight is 312 g/mol. The molecule has 0 unspecified atom stereocenters. The standard InChI is InChI=1S/C19H20O4/c1-4-23-15-8-5-14(6-9-15)7-12-18(20)17-11-10-16(21-2)13-19(17)22-3/h5-13H,4H2,1-3H3. The van der Waals surface area contributed by atoms with E-state index in [4.69, 9.17) is 14.2 Å². The summed E-state index contributed by atoms with van der Waals surface area (Å²) in [6.07, 6.45) is 3.29. The van der Waals surface area contributed by atoms with Gasteiger partial charge in [-0.1, -0.05) is 18.2 Å². The zero-order valence-corrected chi connectivity index (χ0v) is 13.5. The summed E-state index contributed by atoms with van der Waals surface area (Å²) in [5, 5.41) is 0. The predicted molar refractivity (Wildman–Crippen MR) is 90.5 cm³/mol. The average Bonchev–Trinajstić information content (AvgIpc) is 2.60. The van der Waals surface area contributed by atoms with Gasteiger partial charge >= 0.3 is 0 Å². The highest BCUT2D eigenvalue weighted by Crippen LogP contribution is 2.25. The Morgan fingerprint density at radius 3 is 2.30 bits per heavy atom. The lowest BCUT2D eigenvalue weighted by Crippen LogP contribution is -1.99. The summed E-state index contributed by atoms with van der Waals surface area (Å²) in [6, 6.07) is 12.7. The Hall–Kier alpha value is -2.75. The van der Waals surface area contributed by atoms with Crippen LogP contribution in [0.4, 0.5) is 0 Å². The van der Waals surface area contributed by atoms with Crippen molar-refractivity contribution >= 4 is 11.9 Å². The van der Waals surface area contributed by atoms with Crippen molar-refractivity contribution in [2.24, 2.45) is 0 Å². The van der Waals surface area contributed by atoms with Crippen LogP contribution in [0.3, 0.4) is 0 Å². The fraction of sp³-hybridized carbons (Fsp3) is 0.211. The largest absolute Gasteiger partial charge is 0.497 e. The van der Waals surface area contributed by atoms with Gasteiger partial charge in [0, 0.05) is 6.07 Å². The molecule has 4 heteroatoms. The maximum atomic E-state index is 12.3. The first kappa shape index (κ1) is 16.6. The third-order valence-corrected chi connectivity index (χ3v) is 3.29. The molecule has 23 heavy (non-hydrogen) atoms. The van der Waals surface area contributed by atoms with Gasteiger partial charge in [0.1, 0.15) is 17.2 Å². The number of carbonyl (C=O) groups is 1. The lowest BCUT2D eigenvalue weighted by atomic mass is 10.1. The monoisotopic (exact) mass is 312 g/mol. The number of ketones is 1. The molecule has 0 saturated heterocycles. The van der Waals surface area contributed by atoms with Crippen LogP contribution in [-0.2, 0) is 0 Å². The summed E-state index contributed by atoms with van der Waals surface area (Å²) >= 11 is 0. The van der Waals surface area contributed by atoms with E-state index in [9.17, 15) is 4.79 Å². The van der Waals surface area contributed by atoms with Gasteiger partial charge in [-0.2, -0.15) is 0 Å². The smallest absolute Gasteiger partial charge is 0.189 e. The number of benzene rings is 2. The van der Waals surface area contributed by atoms with E-state index < -0.39 is 0 Å². The molecule has 2 aromatic rings. The first-order chi connectivity index (χ1) is 11.2. The first-order valence-electron chi connectivity index (χ1n) is 7.35. The van der Waals surface area contributed by atoms with E-state index in [2.05, 4.69) is 0 Å². The molecule has 2 aromatic carbocycles. The number of hydrogen-bond acceptors (Lipinski definition) is 4. The third kappa shape index (κ3) is 4.36. The van der Waals surface area contributed by atoms with Gasteiger partial charge in [-0.15, -0.1) is 0 Å². The SMILES string of the molecule is CCOc1ccc(C=CC(=O)c2ccc(OC)cc2OC)cc1. The molecule has 0 fully saturated rings. The van der Waals surface area contributed by atoms with Crippen LogP contribution in [0.5, 0.6) is 17.2 Å². The molecule has 0 aliphatic carbocycles. The molecule has 2 rings (SSSR count). The van der Waals surface area contributed by atoms with Crippen LogP contribution >= 0.6 is 0 Å². The minimum Gasteiger partial charge on any atom is -0.497 e. The third-order valence-electron chi connectivity index (χ3n) is 3.29. The van der Waals surface area contributed by atoms with Gasteiger partial charge in [0.25, 0.3) is 0 Å². The molecule has 0 radical (unpaired) electrons. The zero-order valence-electron chi connectivity index (χ0n) is 13.5. The lowest BCUT2D eigenvalue weighted by Gasteiger charge is -2.08. The molecular weight excluding hydrogens is 292 g/mol. The number of allylic oxidation sites excluding steroid dienone is 1. The molecule has 0 saturated carbocycles. The Kier molecular flexibility index (Phi) is 5.80. The molecule has 0 aliphatic heterocycles. The van der Waals surface area contributed by atoms with E-state index in [1.165, 1.54) is 13.2 Å². The van der Waals surface area contributed by atoms with Crippen LogP contribution in [0.1, 0.15) is 22.8 Å². The van der Waals surface area contributed by atoms with Gasteiger partial charge in [0.2, 0.25) is 0 Å². The maximum Gasteiger partial charge on any atom is 0.189 e. The van der Waals surface area contributed by atoms with Crippen LogP contribution in [0.2, 0.25) is 0 Å². The van der Waals surface area contributed by atoms with E-state index >= 15 is 0 Å². The predicted octanol–water partition coefficient (Wildman–Crippen LogP) is 4.00. The van der Waals surface area contributed by atoms with E-state index in [1.54, 1.807) is 31.4 Å². The molecule has 0 spiro atoms. The van der Waals surface area contributed by atoms with Gasteiger partial charge < -0.3 is 14.2 Å². The minimum atomic E-state index is -0.126. The minimum absolute atomic E-state index is 0.126. The van der Waals surface area contributed by atoms with Crippen molar-refractivity contribution < 1.29 is 19.0 Å². The van der Waals surface area contributed by atoms with Crippen molar-refractivity contribution in [3.05, 3.63) is 59.7 Å². The van der Waals surface area contributed by atoms with Crippen molar-refractivity contribution in [1.82, 2.24) is 0 Å². The molecule has 0 heterocycles. The van der Waals surface area contributed by atoms with Crippen molar-refractivity contribution in [1.29, 1.82) is 0 Å². The Bertz CT molecular complexity index is 687. The topological polar surface area (TPSA) is 44.8 Å². The van der Waals surface area contributed by atoms with Crippen LogP contribution in [0.15, 0.2) is 48.5 Å². The van der Waals surface area contributed by atoms with E-state index in [0.29, 0.717) is 23.7 Å². The Balaban J connectivity index is 2.14. The van der Waals surface area contributed by atoms with Crippen molar-refractivity contribution in [2.45, 2.75) is 6.92 Å². The van der Waals surface area contributed by atoms with Gasteiger partial charge in [-0.3, -0.25) is 4.79 Å². The lowest BCUT2D eigenvalue weighted by molar-refractivity contribution is 0.104. The van der Waals surface area contributed by atoms with Crippen molar-refractivity contribution in [3.63, 3.8) is 0 Å². The first-order valence-corrected chi connectivity index (χ1v) is 7.35. The summed E-state index contributed by atoms with van der Waals surface area (Å²) < 4.78 is 15.8. The quantitative estimate of drug-likeness (QED) is 0.572. The van der Waals surface area contributed by atoms with Crippen molar-refractivity contribution in [2.75, 3.05) is 20.8 Å². The molecule has 0 N–H and O–H groups in total. The number of ether oxygens (including phenoxy) is 3. The molecule has 0 bridgehead atoms. The molecule has 4 nitrogen and oxygen atoms in total.